The molecule has 174 valence electrons. The molecular formula is C24H30ClN7O. The second-order valence-corrected chi connectivity index (χ2v) is 8.59. The van der Waals surface area contributed by atoms with E-state index in [1.807, 2.05) is 31.3 Å². The number of pyridine rings is 1. The molecule has 3 aromatic rings. The minimum Gasteiger partial charge on any atom is -0.495 e. The van der Waals surface area contributed by atoms with Crippen LogP contribution < -0.4 is 20.7 Å². The maximum absolute atomic E-state index is 8.10. The smallest absolute Gasteiger partial charge is 0.158 e. The number of nitrogens with zero attached hydrogens (tertiary/aromatic N) is 3. The van der Waals surface area contributed by atoms with Crippen molar-refractivity contribution in [2.75, 3.05) is 29.6 Å². The number of hydrogen-bond acceptors (Lipinski definition) is 8. The molecule has 0 spiro atoms. The monoisotopic (exact) mass is 467 g/mol. The van der Waals surface area contributed by atoms with E-state index in [2.05, 4.69) is 31.1 Å². The van der Waals surface area contributed by atoms with E-state index in [4.69, 9.17) is 21.7 Å². The number of aromatic nitrogens is 3. The van der Waals surface area contributed by atoms with E-state index in [-0.39, 0.29) is 0 Å². The Kier molecular flexibility index (Phi) is 7.44. The SMILES string of the molecule is CCNc1ncc2c(NC3CCCCC3)nnc(NCc3ccc(OC)c(Cl)c3)c2c1C=N. The van der Waals surface area contributed by atoms with Gasteiger partial charge >= 0.3 is 0 Å². The highest BCUT2D eigenvalue weighted by molar-refractivity contribution is 6.32. The van der Waals surface area contributed by atoms with Crippen LogP contribution in [0.15, 0.2) is 24.4 Å². The van der Waals surface area contributed by atoms with Crippen LogP contribution >= 0.6 is 11.6 Å². The molecule has 0 bridgehead atoms. The van der Waals surface area contributed by atoms with Gasteiger partial charge in [-0.3, -0.25) is 0 Å². The highest BCUT2D eigenvalue weighted by Crippen LogP contribution is 2.33. The van der Waals surface area contributed by atoms with Crippen LogP contribution in [0.25, 0.3) is 10.8 Å². The van der Waals surface area contributed by atoms with Crippen LogP contribution in [-0.4, -0.2) is 41.1 Å². The summed E-state index contributed by atoms with van der Waals surface area (Å²) in [6.45, 7) is 3.21. The van der Waals surface area contributed by atoms with Gasteiger partial charge in [0, 0.05) is 47.9 Å². The Balaban J connectivity index is 1.71. The number of benzene rings is 1. The van der Waals surface area contributed by atoms with E-state index >= 15 is 0 Å². The van der Waals surface area contributed by atoms with E-state index < -0.39 is 0 Å². The summed E-state index contributed by atoms with van der Waals surface area (Å²) in [4.78, 5) is 4.58. The van der Waals surface area contributed by atoms with E-state index in [1.165, 1.54) is 25.5 Å². The second-order valence-electron chi connectivity index (χ2n) is 8.18. The number of nitrogens with one attached hydrogen (secondary N) is 4. The van der Waals surface area contributed by atoms with Gasteiger partial charge in [-0.15, -0.1) is 10.2 Å². The van der Waals surface area contributed by atoms with E-state index in [0.29, 0.717) is 52.9 Å². The summed E-state index contributed by atoms with van der Waals surface area (Å²) in [5, 5.41) is 29.6. The molecule has 0 unspecified atom stereocenters. The third-order valence-electron chi connectivity index (χ3n) is 5.97. The Hall–Kier alpha value is -3.13. The van der Waals surface area contributed by atoms with Gasteiger partial charge in [0.05, 0.1) is 12.1 Å². The second kappa shape index (κ2) is 10.7. The maximum atomic E-state index is 8.10. The summed E-state index contributed by atoms with van der Waals surface area (Å²) in [6.07, 6.45) is 9.13. The predicted octanol–water partition coefficient (Wildman–Crippen LogP) is 5.47. The maximum Gasteiger partial charge on any atom is 0.158 e. The van der Waals surface area contributed by atoms with Crippen LogP contribution in [0, 0.1) is 5.41 Å². The highest BCUT2D eigenvalue weighted by Gasteiger charge is 2.20. The average molecular weight is 468 g/mol. The van der Waals surface area contributed by atoms with Gasteiger partial charge in [0.1, 0.15) is 11.6 Å². The van der Waals surface area contributed by atoms with Crippen molar-refractivity contribution in [3.05, 3.63) is 40.5 Å². The Morgan fingerprint density at radius 2 is 1.91 bits per heavy atom. The van der Waals surface area contributed by atoms with Crippen molar-refractivity contribution in [2.45, 2.75) is 51.6 Å². The summed E-state index contributed by atoms with van der Waals surface area (Å²) in [7, 11) is 1.60. The first-order valence-electron chi connectivity index (χ1n) is 11.4. The van der Waals surface area contributed by atoms with Crippen molar-refractivity contribution in [3.63, 3.8) is 0 Å². The number of hydrogen-bond donors (Lipinski definition) is 4. The van der Waals surface area contributed by atoms with Crippen molar-refractivity contribution < 1.29 is 4.74 Å². The molecule has 8 nitrogen and oxygen atoms in total. The molecule has 1 aromatic carbocycles. The number of halogens is 1. The van der Waals surface area contributed by atoms with Crippen LogP contribution in [0.5, 0.6) is 5.75 Å². The fourth-order valence-electron chi connectivity index (χ4n) is 4.29. The van der Waals surface area contributed by atoms with Gasteiger partial charge < -0.3 is 26.1 Å². The first kappa shape index (κ1) is 23.0. The van der Waals surface area contributed by atoms with E-state index in [1.54, 1.807) is 7.11 Å². The molecular weight excluding hydrogens is 438 g/mol. The van der Waals surface area contributed by atoms with Crippen molar-refractivity contribution in [3.8, 4) is 5.75 Å². The molecule has 0 amide bonds. The Morgan fingerprint density at radius 1 is 1.12 bits per heavy atom. The summed E-state index contributed by atoms with van der Waals surface area (Å²) < 4.78 is 5.24. The minimum atomic E-state index is 0.383. The van der Waals surface area contributed by atoms with Gasteiger partial charge in [0.15, 0.2) is 11.6 Å². The molecule has 1 fully saturated rings. The fraction of sp³-hybridized carbons (Fsp3) is 0.417. The molecule has 1 saturated carbocycles. The average Bonchev–Trinajstić information content (AvgIpc) is 2.84. The Bertz CT molecular complexity index is 1130. The standard InChI is InChI=1S/C24H30ClN7O/c1-3-27-22-17(12-26)21-18(14-29-22)23(30-16-7-5-4-6-8-16)31-32-24(21)28-13-15-9-10-20(33-2)19(25)11-15/h9-12,14,16,26H,3-8,13H2,1-2H3,(H,27,29)(H,28,32)(H,30,31). The first-order chi connectivity index (χ1) is 16.1. The quantitative estimate of drug-likeness (QED) is 0.309. The van der Waals surface area contributed by atoms with E-state index in [0.717, 1.165) is 29.2 Å². The van der Waals surface area contributed by atoms with Gasteiger partial charge in [0.25, 0.3) is 0 Å². The molecule has 33 heavy (non-hydrogen) atoms. The lowest BCUT2D eigenvalue weighted by molar-refractivity contribution is 0.415. The molecule has 4 rings (SSSR count). The van der Waals surface area contributed by atoms with Gasteiger partial charge in [-0.05, 0) is 37.5 Å². The lowest BCUT2D eigenvalue weighted by Gasteiger charge is -2.24. The molecule has 4 N–H and O–H groups in total. The summed E-state index contributed by atoms with van der Waals surface area (Å²) in [5.41, 5.74) is 1.67. The highest BCUT2D eigenvalue weighted by atomic mass is 35.5. The zero-order valence-corrected chi connectivity index (χ0v) is 19.8. The topological polar surface area (TPSA) is 108 Å². The van der Waals surface area contributed by atoms with Crippen molar-refractivity contribution >= 4 is 46.0 Å². The lowest BCUT2D eigenvalue weighted by Crippen LogP contribution is -2.23. The van der Waals surface area contributed by atoms with Gasteiger partial charge in [0.2, 0.25) is 0 Å². The lowest BCUT2D eigenvalue weighted by atomic mass is 9.95. The fourth-order valence-corrected chi connectivity index (χ4v) is 4.57. The van der Waals surface area contributed by atoms with Gasteiger partial charge in [-0.25, -0.2) is 4.98 Å². The molecule has 1 aliphatic rings. The van der Waals surface area contributed by atoms with Crippen LogP contribution in [-0.2, 0) is 6.54 Å². The van der Waals surface area contributed by atoms with Gasteiger partial charge in [-0.1, -0.05) is 36.9 Å². The number of ether oxygens (including phenoxy) is 1. The van der Waals surface area contributed by atoms with Crippen LogP contribution in [0.3, 0.4) is 0 Å². The molecule has 0 atom stereocenters. The summed E-state index contributed by atoms with van der Waals surface area (Å²) >= 11 is 6.29. The van der Waals surface area contributed by atoms with Crippen molar-refractivity contribution in [1.29, 1.82) is 5.41 Å². The van der Waals surface area contributed by atoms with Crippen molar-refractivity contribution in [2.24, 2.45) is 0 Å². The van der Waals surface area contributed by atoms with Crippen LogP contribution in [0.1, 0.15) is 50.2 Å². The number of fused-ring (bicyclic) bond motifs is 1. The molecule has 0 aliphatic heterocycles. The predicted molar refractivity (Wildman–Crippen MR) is 135 cm³/mol. The third-order valence-corrected chi connectivity index (χ3v) is 6.26. The molecule has 1 aliphatic carbocycles. The minimum absolute atomic E-state index is 0.383. The van der Waals surface area contributed by atoms with Crippen LogP contribution in [0.2, 0.25) is 5.02 Å². The van der Waals surface area contributed by atoms with Crippen molar-refractivity contribution in [1.82, 2.24) is 15.2 Å². The molecule has 2 heterocycles. The number of anilines is 3. The first-order valence-corrected chi connectivity index (χ1v) is 11.8. The zero-order valence-electron chi connectivity index (χ0n) is 19.0. The molecule has 9 heteroatoms. The molecule has 2 aromatic heterocycles. The largest absolute Gasteiger partial charge is 0.495 e. The van der Waals surface area contributed by atoms with Crippen LogP contribution in [0.4, 0.5) is 17.5 Å². The third kappa shape index (κ3) is 5.11. The summed E-state index contributed by atoms with van der Waals surface area (Å²) in [6, 6.07) is 6.05. The zero-order chi connectivity index (χ0) is 23.2. The summed E-state index contributed by atoms with van der Waals surface area (Å²) in [5.74, 6) is 2.61. The normalized spacial score (nSPS) is 14.2. The Labute approximate surface area is 199 Å². The molecule has 0 saturated heterocycles. The van der Waals surface area contributed by atoms with E-state index in [9.17, 15) is 0 Å². The molecule has 0 radical (unpaired) electrons. The number of rotatable bonds is 9. The Morgan fingerprint density at radius 3 is 2.61 bits per heavy atom. The number of methoxy groups -OCH3 is 1. The van der Waals surface area contributed by atoms with Gasteiger partial charge in [-0.2, -0.15) is 0 Å².